The quantitative estimate of drug-likeness (QED) is 0.455. The van der Waals surface area contributed by atoms with Gasteiger partial charge in [-0.15, -0.1) is 0 Å². The van der Waals surface area contributed by atoms with Gasteiger partial charge in [-0.2, -0.15) is 9.40 Å². The van der Waals surface area contributed by atoms with E-state index in [2.05, 4.69) is 20.1 Å². The molecule has 0 bridgehead atoms. The zero-order valence-corrected chi connectivity index (χ0v) is 18.7. The van der Waals surface area contributed by atoms with Crippen molar-refractivity contribution in [1.29, 1.82) is 0 Å². The summed E-state index contributed by atoms with van der Waals surface area (Å²) in [5.74, 6) is 0. The zero-order valence-electron chi connectivity index (χ0n) is 17.8. The highest BCUT2D eigenvalue weighted by Crippen LogP contribution is 2.26. The van der Waals surface area contributed by atoms with E-state index in [-0.39, 0.29) is 37.1 Å². The van der Waals surface area contributed by atoms with Crippen molar-refractivity contribution in [3.63, 3.8) is 0 Å². The van der Waals surface area contributed by atoms with Crippen molar-refractivity contribution < 1.29 is 33.0 Å². The fraction of sp³-hybridized carbons (Fsp3) is 0.333. The summed E-state index contributed by atoms with van der Waals surface area (Å²) in [4.78, 5) is 28.8. The van der Waals surface area contributed by atoms with Gasteiger partial charge in [0, 0.05) is 63.5 Å². The molecule has 1 aliphatic rings. The van der Waals surface area contributed by atoms with E-state index in [9.17, 15) is 8.42 Å². The smallest absolute Gasteiger partial charge is 0.316 e. The van der Waals surface area contributed by atoms with Gasteiger partial charge in [0.05, 0.1) is 6.33 Å². The molecule has 0 amide bonds. The first kappa shape index (κ1) is 25.4. The van der Waals surface area contributed by atoms with Crippen molar-refractivity contribution in [2.45, 2.75) is 24.6 Å². The van der Waals surface area contributed by atoms with Gasteiger partial charge >= 0.3 is 6.01 Å². The fourth-order valence-electron chi connectivity index (χ4n) is 3.11. The molecule has 4 heterocycles. The third-order valence-corrected chi connectivity index (χ3v) is 6.19. The first-order chi connectivity index (χ1) is 15.8. The lowest BCUT2D eigenvalue weighted by Crippen LogP contribution is -2.36. The minimum absolute atomic E-state index is 0.0489. The lowest BCUT2D eigenvalue weighted by atomic mass is 10.1. The summed E-state index contributed by atoms with van der Waals surface area (Å²) in [6.45, 7) is 0.286. The van der Waals surface area contributed by atoms with E-state index in [4.69, 9.17) is 24.5 Å². The molecular formula is C18H23N7O7S. The van der Waals surface area contributed by atoms with E-state index in [1.54, 1.807) is 34.8 Å². The van der Waals surface area contributed by atoms with Crippen molar-refractivity contribution >= 4 is 23.0 Å². The van der Waals surface area contributed by atoms with Crippen LogP contribution in [0.2, 0.25) is 0 Å². The van der Waals surface area contributed by atoms with E-state index >= 15 is 0 Å². The summed E-state index contributed by atoms with van der Waals surface area (Å²) in [5.41, 5.74) is 2.55. The van der Waals surface area contributed by atoms with Gasteiger partial charge in [-0.05, 0) is 6.07 Å². The number of fused-ring (bicyclic) bond motifs is 1. The number of sulfonamides is 1. The lowest BCUT2D eigenvalue weighted by Gasteiger charge is -2.26. The molecule has 15 heteroatoms. The molecule has 0 unspecified atom stereocenters. The Labute approximate surface area is 189 Å². The van der Waals surface area contributed by atoms with Crippen LogP contribution in [0.5, 0.6) is 6.01 Å². The summed E-state index contributed by atoms with van der Waals surface area (Å²) in [7, 11) is -0.0696. The third-order valence-electron chi connectivity index (χ3n) is 4.46. The van der Waals surface area contributed by atoms with Crippen LogP contribution in [0.25, 0.3) is 0 Å². The van der Waals surface area contributed by atoms with Crippen LogP contribution in [0.3, 0.4) is 0 Å². The summed E-state index contributed by atoms with van der Waals surface area (Å²) in [6, 6.07) is 1.96. The predicted molar refractivity (Wildman–Crippen MR) is 111 cm³/mol. The molecule has 14 nitrogen and oxygen atoms in total. The topological polar surface area (TPSA) is 183 Å². The molecule has 3 aromatic heterocycles. The maximum Gasteiger partial charge on any atom is 0.316 e. The van der Waals surface area contributed by atoms with Crippen LogP contribution in [0, 0.1) is 0 Å². The Morgan fingerprint density at radius 2 is 1.76 bits per heavy atom. The molecule has 2 N–H and O–H groups in total. The number of hydrogen-bond acceptors (Lipinski definition) is 9. The van der Waals surface area contributed by atoms with Gasteiger partial charge in [0.2, 0.25) is 0 Å². The van der Waals surface area contributed by atoms with Crippen LogP contribution in [-0.2, 0) is 53.3 Å². The summed E-state index contributed by atoms with van der Waals surface area (Å²) >= 11 is 0. The molecule has 0 aromatic carbocycles. The first-order valence-electron chi connectivity index (χ1n) is 9.35. The molecule has 3 aromatic rings. The molecule has 0 saturated heterocycles. The number of hydrogen-bond donors (Lipinski definition) is 2. The predicted octanol–water partition coefficient (Wildman–Crippen LogP) is -0.329. The Kier molecular flexibility index (Phi) is 8.99. The zero-order chi connectivity index (χ0) is 24.4. The molecular weight excluding hydrogens is 458 g/mol. The first-order valence-corrected chi connectivity index (χ1v) is 10.8. The number of aromatic nitrogens is 6. The Morgan fingerprint density at radius 3 is 2.33 bits per heavy atom. The van der Waals surface area contributed by atoms with Gasteiger partial charge < -0.3 is 19.5 Å². The number of aryl methyl sites for hydroxylation is 2. The number of rotatable bonds is 5. The van der Waals surface area contributed by atoms with E-state index < -0.39 is 10.0 Å². The van der Waals surface area contributed by atoms with Gasteiger partial charge in [0.15, 0.2) is 5.03 Å². The second-order valence-electron chi connectivity index (χ2n) is 6.49. The van der Waals surface area contributed by atoms with Crippen molar-refractivity contribution in [2.75, 3.05) is 6.54 Å². The summed E-state index contributed by atoms with van der Waals surface area (Å²) in [6.07, 6.45) is 6.75. The van der Waals surface area contributed by atoms with Gasteiger partial charge in [-0.1, -0.05) is 0 Å². The largest absolute Gasteiger partial charge is 0.483 e. The third kappa shape index (κ3) is 6.33. The van der Waals surface area contributed by atoms with Gasteiger partial charge in [-0.3, -0.25) is 14.3 Å². The highest BCUT2D eigenvalue weighted by Gasteiger charge is 2.33. The minimum Gasteiger partial charge on any atom is -0.483 e. The molecule has 0 aliphatic carbocycles. The Bertz CT molecular complexity index is 1160. The molecule has 0 spiro atoms. The second-order valence-corrected chi connectivity index (χ2v) is 8.38. The SMILES string of the molecule is Cn1cnc(S(=O)(=O)N2CCc3c(c(COc4ncccn4)nn3C)C2)c1.O=CO.O=CO. The van der Waals surface area contributed by atoms with E-state index in [1.807, 2.05) is 7.05 Å². The highest BCUT2D eigenvalue weighted by atomic mass is 32.2. The molecule has 0 atom stereocenters. The number of carbonyl (C=O) groups is 2. The molecule has 0 saturated carbocycles. The van der Waals surface area contributed by atoms with Crippen molar-refractivity contribution in [1.82, 2.24) is 33.6 Å². The van der Waals surface area contributed by atoms with Crippen molar-refractivity contribution in [2.24, 2.45) is 14.1 Å². The van der Waals surface area contributed by atoms with Crippen LogP contribution >= 0.6 is 0 Å². The summed E-state index contributed by atoms with van der Waals surface area (Å²) in [5, 5.41) is 18.3. The van der Waals surface area contributed by atoms with Crippen LogP contribution in [0.4, 0.5) is 0 Å². The number of nitrogens with zero attached hydrogens (tertiary/aromatic N) is 7. The number of imidazole rings is 1. The minimum atomic E-state index is -3.66. The van der Waals surface area contributed by atoms with Crippen molar-refractivity contribution in [3.05, 3.63) is 47.9 Å². The standard InChI is InChI=1S/C16H19N7O3S.2CH2O2/c1-21-9-15(19-11-21)27(24,25)23-7-4-14-12(8-23)13(20-22(14)2)10-26-16-17-5-3-6-18-16;2*2-1-3/h3,5-6,9,11H,4,7-8,10H2,1-2H3;2*1H,(H,2,3). The van der Waals surface area contributed by atoms with E-state index in [0.29, 0.717) is 18.7 Å². The maximum atomic E-state index is 12.9. The van der Waals surface area contributed by atoms with Crippen molar-refractivity contribution in [3.8, 4) is 6.01 Å². The van der Waals surface area contributed by atoms with Crippen LogP contribution in [0.1, 0.15) is 17.0 Å². The Morgan fingerprint density at radius 1 is 1.12 bits per heavy atom. The molecule has 178 valence electrons. The van der Waals surface area contributed by atoms with Crippen LogP contribution in [0.15, 0.2) is 36.0 Å². The molecule has 33 heavy (non-hydrogen) atoms. The van der Waals surface area contributed by atoms with Gasteiger partial charge in [0.25, 0.3) is 23.0 Å². The number of ether oxygens (including phenoxy) is 1. The maximum absolute atomic E-state index is 12.9. The monoisotopic (exact) mass is 481 g/mol. The molecule has 1 aliphatic heterocycles. The number of carboxylic acid groups (broad SMARTS) is 2. The fourth-order valence-corrected chi connectivity index (χ4v) is 4.49. The second kappa shape index (κ2) is 11.7. The lowest BCUT2D eigenvalue weighted by molar-refractivity contribution is -0.123. The van der Waals surface area contributed by atoms with Gasteiger partial charge in [0.1, 0.15) is 12.3 Å². The van der Waals surface area contributed by atoms with Gasteiger partial charge in [-0.25, -0.2) is 23.4 Å². The average molecular weight is 481 g/mol. The van der Waals surface area contributed by atoms with E-state index in [0.717, 1.165) is 11.3 Å². The molecule has 4 rings (SSSR count). The summed E-state index contributed by atoms with van der Waals surface area (Å²) < 4.78 is 36.2. The Hall–Kier alpha value is -3.85. The average Bonchev–Trinajstić information content (AvgIpc) is 3.38. The van der Waals surface area contributed by atoms with Crippen LogP contribution < -0.4 is 4.74 Å². The normalized spacial score (nSPS) is 12.9. The molecule has 0 radical (unpaired) electrons. The Balaban J connectivity index is 0.000000582. The highest BCUT2D eigenvalue weighted by molar-refractivity contribution is 7.89. The molecule has 0 fully saturated rings. The van der Waals surface area contributed by atoms with E-state index in [1.165, 1.54) is 16.8 Å². The van der Waals surface area contributed by atoms with Crippen LogP contribution in [-0.4, -0.2) is 71.7 Å².